The van der Waals surface area contributed by atoms with Crippen molar-refractivity contribution in [2.24, 2.45) is 10.9 Å². The lowest BCUT2D eigenvalue weighted by atomic mass is 9.98. The molecule has 20 heavy (non-hydrogen) atoms. The lowest BCUT2D eigenvalue weighted by Gasteiger charge is -2.32. The summed E-state index contributed by atoms with van der Waals surface area (Å²) in [6.45, 7) is 2.97. The number of guanidine groups is 1. The van der Waals surface area contributed by atoms with Gasteiger partial charge >= 0.3 is 0 Å². The molecule has 0 bridgehead atoms. The molecule has 2 N–H and O–H groups in total. The van der Waals surface area contributed by atoms with Crippen LogP contribution in [0.5, 0.6) is 0 Å². The zero-order valence-electron chi connectivity index (χ0n) is 12.0. The van der Waals surface area contributed by atoms with E-state index in [0.717, 1.165) is 31.5 Å². The van der Waals surface area contributed by atoms with Crippen LogP contribution in [0.1, 0.15) is 12.8 Å². The predicted octanol–water partition coefficient (Wildman–Crippen LogP) is 1.11. The molecule has 7 heteroatoms. The fourth-order valence-electron chi connectivity index (χ4n) is 2.39. The van der Waals surface area contributed by atoms with E-state index in [9.17, 15) is 0 Å². The summed E-state index contributed by atoms with van der Waals surface area (Å²) >= 11 is 0. The minimum atomic E-state index is 0. The third-order valence-electron chi connectivity index (χ3n) is 3.37. The van der Waals surface area contributed by atoms with Gasteiger partial charge in [0.1, 0.15) is 0 Å². The van der Waals surface area contributed by atoms with Gasteiger partial charge in [0.2, 0.25) is 5.95 Å². The Labute approximate surface area is 137 Å². The lowest BCUT2D eigenvalue weighted by Crippen LogP contribution is -2.44. The molecule has 2 heterocycles. The first-order chi connectivity index (χ1) is 9.33. The first kappa shape index (κ1) is 16.9. The summed E-state index contributed by atoms with van der Waals surface area (Å²) in [5.41, 5.74) is 0. The zero-order chi connectivity index (χ0) is 13.5. The van der Waals surface area contributed by atoms with Gasteiger partial charge in [-0.15, -0.1) is 24.0 Å². The van der Waals surface area contributed by atoms with E-state index < -0.39 is 0 Å². The highest BCUT2D eigenvalue weighted by Gasteiger charge is 2.21. The van der Waals surface area contributed by atoms with Crippen molar-refractivity contribution in [2.75, 3.05) is 38.6 Å². The molecular formula is C13H23IN6. The van der Waals surface area contributed by atoms with Crippen LogP contribution in [-0.4, -0.2) is 49.7 Å². The summed E-state index contributed by atoms with van der Waals surface area (Å²) in [4.78, 5) is 15.0. The molecule has 0 aromatic carbocycles. The normalized spacial score (nSPS) is 19.2. The van der Waals surface area contributed by atoms with Crippen molar-refractivity contribution in [1.82, 2.24) is 20.6 Å². The van der Waals surface area contributed by atoms with Gasteiger partial charge in [0.05, 0.1) is 0 Å². The van der Waals surface area contributed by atoms with Gasteiger partial charge in [0.15, 0.2) is 5.96 Å². The van der Waals surface area contributed by atoms with Crippen molar-refractivity contribution < 1.29 is 0 Å². The molecule has 1 aromatic rings. The molecule has 0 aliphatic carbocycles. The smallest absolute Gasteiger partial charge is 0.225 e. The van der Waals surface area contributed by atoms with Gasteiger partial charge in [0.25, 0.3) is 0 Å². The van der Waals surface area contributed by atoms with Crippen molar-refractivity contribution in [1.29, 1.82) is 0 Å². The Balaban J connectivity index is 0.00000200. The van der Waals surface area contributed by atoms with E-state index >= 15 is 0 Å². The Morgan fingerprint density at radius 3 is 2.85 bits per heavy atom. The van der Waals surface area contributed by atoms with Gasteiger partial charge in [-0.3, -0.25) is 4.99 Å². The molecule has 0 saturated carbocycles. The highest BCUT2D eigenvalue weighted by Crippen LogP contribution is 2.19. The minimum absolute atomic E-state index is 0. The fraction of sp³-hybridized carbons (Fsp3) is 0.615. The van der Waals surface area contributed by atoms with Gasteiger partial charge in [-0.1, -0.05) is 0 Å². The summed E-state index contributed by atoms with van der Waals surface area (Å²) in [6.07, 6.45) is 6.01. The average Bonchev–Trinajstić information content (AvgIpc) is 2.49. The average molecular weight is 390 g/mol. The molecule has 0 amide bonds. The number of nitrogens with zero attached hydrogens (tertiary/aromatic N) is 4. The molecule has 112 valence electrons. The Morgan fingerprint density at radius 1 is 1.45 bits per heavy atom. The molecule has 1 unspecified atom stereocenters. The van der Waals surface area contributed by atoms with Gasteiger partial charge in [0, 0.05) is 46.1 Å². The van der Waals surface area contributed by atoms with E-state index in [2.05, 4.69) is 30.5 Å². The van der Waals surface area contributed by atoms with E-state index in [4.69, 9.17) is 0 Å². The van der Waals surface area contributed by atoms with Crippen LogP contribution in [0.4, 0.5) is 5.95 Å². The summed E-state index contributed by atoms with van der Waals surface area (Å²) in [6, 6.07) is 1.85. The molecule has 1 atom stereocenters. The van der Waals surface area contributed by atoms with Crippen molar-refractivity contribution in [3.05, 3.63) is 18.5 Å². The molecular weight excluding hydrogens is 367 g/mol. The summed E-state index contributed by atoms with van der Waals surface area (Å²) in [7, 11) is 3.66. The van der Waals surface area contributed by atoms with Crippen LogP contribution in [0.2, 0.25) is 0 Å². The number of hydrogen-bond acceptors (Lipinski definition) is 4. The maximum atomic E-state index is 4.32. The van der Waals surface area contributed by atoms with E-state index in [1.165, 1.54) is 12.8 Å². The van der Waals surface area contributed by atoms with E-state index in [1.807, 2.05) is 13.1 Å². The van der Waals surface area contributed by atoms with Crippen LogP contribution in [0.15, 0.2) is 23.5 Å². The monoisotopic (exact) mass is 390 g/mol. The summed E-state index contributed by atoms with van der Waals surface area (Å²) in [5, 5.41) is 6.37. The van der Waals surface area contributed by atoms with Crippen LogP contribution in [0.25, 0.3) is 0 Å². The Morgan fingerprint density at radius 2 is 2.20 bits per heavy atom. The number of anilines is 1. The molecule has 1 fully saturated rings. The molecule has 1 aliphatic rings. The van der Waals surface area contributed by atoms with Crippen LogP contribution >= 0.6 is 24.0 Å². The number of hydrogen-bond donors (Lipinski definition) is 2. The van der Waals surface area contributed by atoms with Crippen molar-refractivity contribution in [2.45, 2.75) is 12.8 Å². The molecule has 1 saturated heterocycles. The largest absolute Gasteiger partial charge is 0.359 e. The lowest BCUT2D eigenvalue weighted by molar-refractivity contribution is 0.407. The molecule has 2 rings (SSSR count). The molecule has 0 radical (unpaired) electrons. The van der Waals surface area contributed by atoms with E-state index in [-0.39, 0.29) is 24.0 Å². The molecule has 0 spiro atoms. The van der Waals surface area contributed by atoms with Gasteiger partial charge in [-0.2, -0.15) is 0 Å². The number of aliphatic imine (C=N–C) groups is 1. The van der Waals surface area contributed by atoms with Crippen LogP contribution in [0.3, 0.4) is 0 Å². The summed E-state index contributed by atoms with van der Waals surface area (Å²) < 4.78 is 0. The van der Waals surface area contributed by atoms with E-state index in [1.54, 1.807) is 19.4 Å². The second-order valence-corrected chi connectivity index (χ2v) is 4.71. The topological polar surface area (TPSA) is 65.4 Å². The third kappa shape index (κ3) is 4.77. The Hall–Kier alpha value is -1.12. The SMILES string of the molecule is CN=C(NC)NCC1CCCN(c2ncccn2)C1.I. The third-order valence-corrected chi connectivity index (χ3v) is 3.37. The number of aromatic nitrogens is 2. The van der Waals surface area contributed by atoms with Crippen LogP contribution < -0.4 is 15.5 Å². The van der Waals surface area contributed by atoms with Gasteiger partial charge in [-0.25, -0.2) is 9.97 Å². The first-order valence-corrected chi connectivity index (χ1v) is 6.74. The minimum Gasteiger partial charge on any atom is -0.359 e. The fourth-order valence-corrected chi connectivity index (χ4v) is 2.39. The Bertz CT molecular complexity index is 411. The maximum Gasteiger partial charge on any atom is 0.225 e. The highest BCUT2D eigenvalue weighted by molar-refractivity contribution is 14.0. The van der Waals surface area contributed by atoms with Gasteiger partial charge < -0.3 is 15.5 Å². The number of piperidine rings is 1. The quantitative estimate of drug-likeness (QED) is 0.460. The van der Waals surface area contributed by atoms with Crippen molar-refractivity contribution >= 4 is 35.9 Å². The first-order valence-electron chi connectivity index (χ1n) is 6.74. The van der Waals surface area contributed by atoms with Crippen LogP contribution in [-0.2, 0) is 0 Å². The van der Waals surface area contributed by atoms with Crippen molar-refractivity contribution in [3.63, 3.8) is 0 Å². The van der Waals surface area contributed by atoms with E-state index in [0.29, 0.717) is 5.92 Å². The Kier molecular flexibility index (Phi) is 7.56. The number of rotatable bonds is 3. The van der Waals surface area contributed by atoms with Gasteiger partial charge in [-0.05, 0) is 24.8 Å². The maximum absolute atomic E-state index is 4.32. The highest BCUT2D eigenvalue weighted by atomic mass is 127. The molecule has 6 nitrogen and oxygen atoms in total. The standard InChI is InChI=1S/C13H22N6.HI/c1-14-12(15-2)18-9-11-5-3-8-19(10-11)13-16-6-4-7-17-13;/h4,6-7,11H,3,5,8-10H2,1-2H3,(H2,14,15,18);1H. The molecule has 1 aromatic heterocycles. The zero-order valence-corrected chi connectivity index (χ0v) is 14.4. The van der Waals surface area contributed by atoms with Crippen LogP contribution in [0, 0.1) is 5.92 Å². The number of halogens is 1. The summed E-state index contributed by atoms with van der Waals surface area (Å²) in [5.74, 6) is 2.28. The number of nitrogens with one attached hydrogen (secondary N) is 2. The predicted molar refractivity (Wildman–Crippen MR) is 92.8 cm³/mol. The second-order valence-electron chi connectivity index (χ2n) is 4.71. The van der Waals surface area contributed by atoms with Crippen molar-refractivity contribution in [3.8, 4) is 0 Å². The second kappa shape index (κ2) is 8.93. The molecule has 1 aliphatic heterocycles.